The third-order valence-corrected chi connectivity index (χ3v) is 5.10. The lowest BCUT2D eigenvalue weighted by atomic mass is 10.1. The number of nitrogens with zero attached hydrogens (tertiary/aromatic N) is 2. The number of aromatic nitrogens is 1. The van der Waals surface area contributed by atoms with E-state index in [1.807, 2.05) is 25.3 Å². The smallest absolute Gasteiger partial charge is 0.367 e. The summed E-state index contributed by atoms with van der Waals surface area (Å²) in [4.78, 5) is 10.3. The van der Waals surface area contributed by atoms with Gasteiger partial charge in [-0.25, -0.2) is 9.98 Å². The van der Waals surface area contributed by atoms with Crippen molar-refractivity contribution in [1.29, 1.82) is 0 Å². The van der Waals surface area contributed by atoms with Gasteiger partial charge >= 0.3 is 6.18 Å². The molecule has 0 aliphatic heterocycles. The second-order valence-corrected chi connectivity index (χ2v) is 7.57. The van der Waals surface area contributed by atoms with Gasteiger partial charge < -0.3 is 15.4 Å². The number of nitrogens with one attached hydrogen (secondary N) is 2. The van der Waals surface area contributed by atoms with E-state index in [-0.39, 0.29) is 30.6 Å². The molecule has 0 bridgehead atoms. The lowest BCUT2D eigenvalue weighted by molar-refractivity contribution is -0.176. The van der Waals surface area contributed by atoms with Crippen molar-refractivity contribution in [2.45, 2.75) is 46.0 Å². The Balaban J connectivity index is 0.00000450. The van der Waals surface area contributed by atoms with E-state index in [1.54, 1.807) is 23.5 Å². The van der Waals surface area contributed by atoms with E-state index in [9.17, 15) is 13.2 Å². The van der Waals surface area contributed by atoms with E-state index >= 15 is 0 Å². The van der Waals surface area contributed by atoms with Gasteiger partial charge in [-0.1, -0.05) is 31.2 Å². The minimum Gasteiger partial charge on any atom is -0.367 e. The zero-order valence-corrected chi connectivity index (χ0v) is 20.2. The summed E-state index contributed by atoms with van der Waals surface area (Å²) < 4.78 is 41.0. The highest BCUT2D eigenvalue weighted by Crippen LogP contribution is 2.16. The largest absolute Gasteiger partial charge is 0.411 e. The standard InChI is InChI=1S/C20H27F3N4OS.HI/c1-3-17-12-26-18(29-17)9-10-25-19(24-4-2)27-11-15-5-7-16(8-6-15)13-28-14-20(21,22)23;/h5-8,12H,3-4,9-11,13-14H2,1-2H3,(H2,24,25,27);1H. The third-order valence-electron chi connectivity index (χ3n) is 3.90. The monoisotopic (exact) mass is 556 g/mol. The Labute approximate surface area is 196 Å². The van der Waals surface area contributed by atoms with Crippen LogP contribution in [0.15, 0.2) is 35.5 Å². The topological polar surface area (TPSA) is 58.5 Å². The van der Waals surface area contributed by atoms with Gasteiger partial charge in [-0.2, -0.15) is 13.2 Å². The number of guanidine groups is 1. The lowest BCUT2D eigenvalue weighted by Crippen LogP contribution is -2.38. The Bertz CT molecular complexity index is 766. The maximum Gasteiger partial charge on any atom is 0.411 e. The molecule has 2 rings (SSSR count). The maximum atomic E-state index is 12.1. The summed E-state index contributed by atoms with van der Waals surface area (Å²) in [6.45, 7) is 4.77. The number of hydrogen-bond acceptors (Lipinski definition) is 4. The minimum atomic E-state index is -4.30. The molecule has 0 spiro atoms. The normalized spacial score (nSPS) is 11.8. The van der Waals surface area contributed by atoms with E-state index in [4.69, 9.17) is 0 Å². The van der Waals surface area contributed by atoms with Gasteiger partial charge in [0.05, 0.1) is 18.2 Å². The lowest BCUT2D eigenvalue weighted by Gasteiger charge is -2.11. The Kier molecular flexibility index (Phi) is 12.3. The van der Waals surface area contributed by atoms with Crippen molar-refractivity contribution in [1.82, 2.24) is 15.6 Å². The summed E-state index contributed by atoms with van der Waals surface area (Å²) in [5.74, 6) is 0.720. The molecule has 5 nitrogen and oxygen atoms in total. The average Bonchev–Trinajstić information content (AvgIpc) is 3.14. The molecule has 10 heteroatoms. The van der Waals surface area contributed by atoms with Crippen molar-refractivity contribution in [3.63, 3.8) is 0 Å². The van der Waals surface area contributed by atoms with Crippen molar-refractivity contribution in [3.05, 3.63) is 51.5 Å². The summed E-state index contributed by atoms with van der Waals surface area (Å²) in [5, 5.41) is 7.61. The van der Waals surface area contributed by atoms with Gasteiger partial charge in [-0.05, 0) is 24.5 Å². The van der Waals surface area contributed by atoms with Crippen LogP contribution >= 0.6 is 35.3 Å². The van der Waals surface area contributed by atoms with E-state index in [0.29, 0.717) is 12.1 Å². The first-order valence-electron chi connectivity index (χ1n) is 9.57. The van der Waals surface area contributed by atoms with E-state index in [0.717, 1.165) is 42.5 Å². The van der Waals surface area contributed by atoms with E-state index in [2.05, 4.69) is 32.3 Å². The number of alkyl halides is 3. The fourth-order valence-corrected chi connectivity index (χ4v) is 3.31. The van der Waals surface area contributed by atoms with Gasteiger partial charge in [0.2, 0.25) is 0 Å². The number of ether oxygens (including phenoxy) is 1. The number of aryl methyl sites for hydroxylation is 1. The molecule has 0 saturated carbocycles. The fraction of sp³-hybridized carbons (Fsp3) is 0.500. The fourth-order valence-electron chi connectivity index (χ4n) is 2.45. The van der Waals surface area contributed by atoms with E-state index < -0.39 is 12.8 Å². The quantitative estimate of drug-likeness (QED) is 0.253. The average molecular weight is 556 g/mol. The van der Waals surface area contributed by atoms with Crippen LogP contribution in [0.4, 0.5) is 13.2 Å². The van der Waals surface area contributed by atoms with Crippen LogP contribution in [0.3, 0.4) is 0 Å². The first kappa shape index (κ1) is 26.6. The number of hydrogen-bond donors (Lipinski definition) is 2. The molecule has 30 heavy (non-hydrogen) atoms. The highest BCUT2D eigenvalue weighted by atomic mass is 127. The predicted octanol–water partition coefficient (Wildman–Crippen LogP) is 4.70. The highest BCUT2D eigenvalue weighted by Gasteiger charge is 2.27. The van der Waals surface area contributed by atoms with Crippen LogP contribution in [-0.4, -0.2) is 36.8 Å². The van der Waals surface area contributed by atoms with Gasteiger partial charge in [-0.15, -0.1) is 35.3 Å². The summed E-state index contributed by atoms with van der Waals surface area (Å²) in [6.07, 6.45) is -0.538. The zero-order chi connectivity index (χ0) is 21.1. The second kappa shape index (κ2) is 13.8. The third kappa shape index (κ3) is 10.6. The molecule has 1 aromatic heterocycles. The summed E-state index contributed by atoms with van der Waals surface area (Å²) in [5.41, 5.74) is 1.66. The highest BCUT2D eigenvalue weighted by molar-refractivity contribution is 14.0. The van der Waals surface area contributed by atoms with Crippen LogP contribution < -0.4 is 10.6 Å². The van der Waals surface area contributed by atoms with Crippen LogP contribution in [0.25, 0.3) is 0 Å². The molecular weight excluding hydrogens is 528 g/mol. The number of rotatable bonds is 10. The first-order chi connectivity index (χ1) is 13.9. The molecule has 0 fully saturated rings. The minimum absolute atomic E-state index is 0. The Morgan fingerprint density at radius 1 is 1.13 bits per heavy atom. The molecule has 0 aliphatic carbocycles. The van der Waals surface area contributed by atoms with Gasteiger partial charge in [0.1, 0.15) is 6.61 Å². The Hall–Kier alpha value is -1.40. The number of aliphatic imine (C=N–C) groups is 1. The summed E-state index contributed by atoms with van der Waals surface area (Å²) >= 11 is 1.73. The van der Waals surface area contributed by atoms with Crippen LogP contribution in [0.1, 0.15) is 34.9 Å². The SMILES string of the molecule is CCNC(=NCc1ccc(COCC(F)(F)F)cc1)NCCc1ncc(CC)s1.I. The van der Waals surface area contributed by atoms with Crippen molar-refractivity contribution in [2.75, 3.05) is 19.7 Å². The number of thiazole rings is 1. The summed E-state index contributed by atoms with van der Waals surface area (Å²) in [7, 11) is 0. The second-order valence-electron chi connectivity index (χ2n) is 6.37. The van der Waals surface area contributed by atoms with Gasteiger partial charge in [0, 0.05) is 30.6 Å². The molecule has 1 aromatic carbocycles. The van der Waals surface area contributed by atoms with E-state index in [1.165, 1.54) is 4.88 Å². The van der Waals surface area contributed by atoms with Crippen LogP contribution in [0, 0.1) is 0 Å². The van der Waals surface area contributed by atoms with Crippen molar-refractivity contribution in [2.24, 2.45) is 4.99 Å². The molecule has 0 radical (unpaired) electrons. The van der Waals surface area contributed by atoms with Crippen LogP contribution in [0.2, 0.25) is 0 Å². The summed E-state index contributed by atoms with van der Waals surface area (Å²) in [6, 6.07) is 7.22. The zero-order valence-electron chi connectivity index (χ0n) is 17.1. The molecule has 0 saturated heterocycles. The van der Waals surface area contributed by atoms with Crippen molar-refractivity contribution in [3.8, 4) is 0 Å². The molecule has 2 aromatic rings. The molecule has 0 unspecified atom stereocenters. The molecule has 0 aliphatic rings. The van der Waals surface area contributed by atoms with Gasteiger partial charge in [0.25, 0.3) is 0 Å². The molecule has 1 heterocycles. The Morgan fingerprint density at radius 2 is 1.83 bits per heavy atom. The van der Waals surface area contributed by atoms with Crippen LogP contribution in [-0.2, 0) is 30.7 Å². The predicted molar refractivity (Wildman–Crippen MR) is 126 cm³/mol. The molecule has 0 amide bonds. The first-order valence-corrected chi connectivity index (χ1v) is 10.4. The molecule has 0 atom stereocenters. The molecule has 168 valence electrons. The number of halogens is 4. The maximum absolute atomic E-state index is 12.1. The molecule has 2 N–H and O–H groups in total. The molecular formula is C20H28F3IN4OS. The number of benzene rings is 1. The van der Waals surface area contributed by atoms with Crippen LogP contribution in [0.5, 0.6) is 0 Å². The van der Waals surface area contributed by atoms with Crippen molar-refractivity contribution < 1.29 is 17.9 Å². The van der Waals surface area contributed by atoms with Gasteiger partial charge in [0.15, 0.2) is 5.96 Å². The Morgan fingerprint density at radius 3 is 2.43 bits per heavy atom. The van der Waals surface area contributed by atoms with Crippen molar-refractivity contribution >= 4 is 41.3 Å². The van der Waals surface area contributed by atoms with Gasteiger partial charge in [-0.3, -0.25) is 0 Å².